The van der Waals surface area contributed by atoms with Gasteiger partial charge in [0, 0.05) is 31.4 Å². The summed E-state index contributed by atoms with van der Waals surface area (Å²) >= 11 is 0. The van der Waals surface area contributed by atoms with Crippen molar-refractivity contribution in [3.05, 3.63) is 12.4 Å². The lowest BCUT2D eigenvalue weighted by molar-refractivity contribution is 0.183. The molecule has 0 amide bonds. The Labute approximate surface area is 127 Å². The number of ether oxygens (including phenoxy) is 1. The normalized spacial score (nSPS) is 28.9. The molecule has 2 atom stereocenters. The van der Waals surface area contributed by atoms with Crippen LogP contribution in [0.1, 0.15) is 39.0 Å². The highest BCUT2D eigenvalue weighted by Crippen LogP contribution is 2.37. The number of nitrogens with one attached hydrogen (secondary N) is 1. The molecule has 0 spiro atoms. The third-order valence-electron chi connectivity index (χ3n) is 4.91. The first-order valence-electron chi connectivity index (χ1n) is 8.35. The van der Waals surface area contributed by atoms with Crippen molar-refractivity contribution in [2.75, 3.05) is 25.2 Å². The SMILES string of the molecule is CCNC1CC2CCCC(C1)N2c1cnn(CCOC)c1. The molecule has 2 saturated heterocycles. The Morgan fingerprint density at radius 1 is 1.33 bits per heavy atom. The maximum absolute atomic E-state index is 5.13. The molecule has 2 unspecified atom stereocenters. The van der Waals surface area contributed by atoms with Crippen molar-refractivity contribution < 1.29 is 4.74 Å². The number of anilines is 1. The van der Waals surface area contributed by atoms with E-state index in [0.29, 0.717) is 18.1 Å². The van der Waals surface area contributed by atoms with Crippen LogP contribution in [0.4, 0.5) is 5.69 Å². The van der Waals surface area contributed by atoms with E-state index in [4.69, 9.17) is 4.74 Å². The maximum Gasteiger partial charge on any atom is 0.0757 e. The lowest BCUT2D eigenvalue weighted by atomic mass is 9.81. The number of methoxy groups -OCH3 is 1. The van der Waals surface area contributed by atoms with Crippen LogP contribution >= 0.6 is 0 Å². The highest BCUT2D eigenvalue weighted by Gasteiger charge is 2.38. The van der Waals surface area contributed by atoms with Crippen LogP contribution in [0.2, 0.25) is 0 Å². The van der Waals surface area contributed by atoms with Crippen LogP contribution < -0.4 is 10.2 Å². The van der Waals surface area contributed by atoms with Gasteiger partial charge in [-0.15, -0.1) is 0 Å². The molecule has 3 rings (SSSR count). The predicted molar refractivity (Wildman–Crippen MR) is 84.7 cm³/mol. The topological polar surface area (TPSA) is 42.3 Å². The van der Waals surface area contributed by atoms with E-state index in [1.807, 2.05) is 10.9 Å². The number of piperidine rings is 2. The van der Waals surface area contributed by atoms with E-state index in [9.17, 15) is 0 Å². The molecule has 0 aliphatic carbocycles. The second-order valence-corrected chi connectivity index (χ2v) is 6.33. The van der Waals surface area contributed by atoms with Crippen LogP contribution in [0.3, 0.4) is 0 Å². The zero-order valence-electron chi connectivity index (χ0n) is 13.3. The van der Waals surface area contributed by atoms with Crippen LogP contribution in [0.5, 0.6) is 0 Å². The fourth-order valence-electron chi connectivity index (χ4n) is 4.05. The van der Waals surface area contributed by atoms with Gasteiger partial charge in [-0.1, -0.05) is 6.92 Å². The van der Waals surface area contributed by atoms with E-state index in [0.717, 1.165) is 19.7 Å². The van der Waals surface area contributed by atoms with Crippen molar-refractivity contribution in [1.82, 2.24) is 15.1 Å². The van der Waals surface area contributed by atoms with Crippen LogP contribution in [0.15, 0.2) is 12.4 Å². The van der Waals surface area contributed by atoms with Gasteiger partial charge in [0.1, 0.15) is 0 Å². The molecule has 3 heterocycles. The minimum atomic E-state index is 0.682. The van der Waals surface area contributed by atoms with Gasteiger partial charge in [0.2, 0.25) is 0 Å². The van der Waals surface area contributed by atoms with Gasteiger partial charge in [-0.2, -0.15) is 5.10 Å². The molecular formula is C16H28N4O. The van der Waals surface area contributed by atoms with Crippen molar-refractivity contribution in [3.8, 4) is 0 Å². The van der Waals surface area contributed by atoms with E-state index in [-0.39, 0.29) is 0 Å². The second kappa shape index (κ2) is 6.79. The second-order valence-electron chi connectivity index (χ2n) is 6.33. The van der Waals surface area contributed by atoms with Crippen LogP contribution in [-0.4, -0.2) is 48.2 Å². The van der Waals surface area contributed by atoms with Gasteiger partial charge in [-0.3, -0.25) is 4.68 Å². The zero-order chi connectivity index (χ0) is 14.7. The minimum absolute atomic E-state index is 0.682. The number of rotatable bonds is 6. The van der Waals surface area contributed by atoms with E-state index >= 15 is 0 Å². The molecule has 2 aliphatic heterocycles. The molecule has 118 valence electrons. The lowest BCUT2D eigenvalue weighted by Gasteiger charge is -2.50. The van der Waals surface area contributed by atoms with Crippen LogP contribution in [0.25, 0.3) is 0 Å². The van der Waals surface area contributed by atoms with Crippen molar-refractivity contribution in [3.63, 3.8) is 0 Å². The number of hydrogen-bond donors (Lipinski definition) is 1. The first-order valence-corrected chi connectivity index (χ1v) is 8.35. The Kier molecular flexibility index (Phi) is 4.80. The Morgan fingerprint density at radius 2 is 2.10 bits per heavy atom. The Morgan fingerprint density at radius 3 is 2.76 bits per heavy atom. The summed E-state index contributed by atoms with van der Waals surface area (Å²) < 4.78 is 7.14. The summed E-state index contributed by atoms with van der Waals surface area (Å²) in [7, 11) is 1.74. The van der Waals surface area contributed by atoms with Gasteiger partial charge in [0.05, 0.1) is 25.0 Å². The quantitative estimate of drug-likeness (QED) is 0.871. The van der Waals surface area contributed by atoms with Gasteiger partial charge in [0.25, 0.3) is 0 Å². The summed E-state index contributed by atoms with van der Waals surface area (Å²) in [6.07, 6.45) is 10.8. The monoisotopic (exact) mass is 292 g/mol. The van der Waals surface area contributed by atoms with Gasteiger partial charge < -0.3 is 15.0 Å². The average Bonchev–Trinajstić information content (AvgIpc) is 2.93. The van der Waals surface area contributed by atoms with E-state index < -0.39 is 0 Å². The van der Waals surface area contributed by atoms with Gasteiger partial charge in [-0.05, 0) is 38.6 Å². The Balaban J connectivity index is 1.71. The number of hydrogen-bond acceptors (Lipinski definition) is 4. The third-order valence-corrected chi connectivity index (χ3v) is 4.91. The average molecular weight is 292 g/mol. The summed E-state index contributed by atoms with van der Waals surface area (Å²) in [6.45, 7) is 4.84. The molecule has 0 aromatic carbocycles. The van der Waals surface area contributed by atoms with Gasteiger partial charge in [-0.25, -0.2) is 0 Å². The predicted octanol–water partition coefficient (Wildman–Crippen LogP) is 2.03. The lowest BCUT2D eigenvalue weighted by Crippen LogP contribution is -2.56. The van der Waals surface area contributed by atoms with Gasteiger partial charge in [0.15, 0.2) is 0 Å². The zero-order valence-corrected chi connectivity index (χ0v) is 13.3. The molecule has 2 aliphatic rings. The molecule has 5 heteroatoms. The molecule has 1 aromatic rings. The Hall–Kier alpha value is -1.07. The van der Waals surface area contributed by atoms with E-state index in [1.54, 1.807) is 7.11 Å². The van der Waals surface area contributed by atoms with Crippen molar-refractivity contribution in [2.45, 2.75) is 63.7 Å². The summed E-state index contributed by atoms with van der Waals surface area (Å²) in [5, 5.41) is 8.15. The highest BCUT2D eigenvalue weighted by atomic mass is 16.5. The summed E-state index contributed by atoms with van der Waals surface area (Å²) in [6, 6.07) is 2.06. The number of fused-ring (bicyclic) bond motifs is 2. The molecule has 1 N–H and O–H groups in total. The summed E-state index contributed by atoms with van der Waals surface area (Å²) in [5.41, 5.74) is 1.30. The van der Waals surface area contributed by atoms with E-state index in [1.165, 1.54) is 37.8 Å². The molecule has 21 heavy (non-hydrogen) atoms. The standard InChI is InChI=1S/C16H28N4O/c1-3-17-13-9-14-5-4-6-15(10-13)20(14)16-11-18-19(12-16)7-8-21-2/h11-15,17H,3-10H2,1-2H3. The highest BCUT2D eigenvalue weighted by molar-refractivity contribution is 5.46. The Bertz CT molecular complexity index is 433. The first-order chi connectivity index (χ1) is 10.3. The molecule has 0 saturated carbocycles. The third kappa shape index (κ3) is 3.24. The number of aromatic nitrogens is 2. The van der Waals surface area contributed by atoms with E-state index in [2.05, 4.69) is 28.4 Å². The molecule has 1 aromatic heterocycles. The van der Waals surface area contributed by atoms with Crippen LogP contribution in [0, 0.1) is 0 Å². The minimum Gasteiger partial charge on any atom is -0.383 e. The molecule has 2 bridgehead atoms. The smallest absolute Gasteiger partial charge is 0.0757 e. The molecule has 0 radical (unpaired) electrons. The first kappa shape index (κ1) is 14.9. The molecular weight excluding hydrogens is 264 g/mol. The maximum atomic E-state index is 5.13. The summed E-state index contributed by atoms with van der Waals surface area (Å²) in [4.78, 5) is 2.65. The molecule has 5 nitrogen and oxygen atoms in total. The van der Waals surface area contributed by atoms with Crippen molar-refractivity contribution in [1.29, 1.82) is 0 Å². The molecule has 2 fully saturated rings. The van der Waals surface area contributed by atoms with Crippen molar-refractivity contribution in [2.24, 2.45) is 0 Å². The van der Waals surface area contributed by atoms with Gasteiger partial charge >= 0.3 is 0 Å². The fraction of sp³-hybridized carbons (Fsp3) is 0.812. The van der Waals surface area contributed by atoms with Crippen LogP contribution in [-0.2, 0) is 11.3 Å². The summed E-state index contributed by atoms with van der Waals surface area (Å²) in [5.74, 6) is 0. The number of nitrogens with zero attached hydrogens (tertiary/aromatic N) is 3. The fourth-order valence-corrected chi connectivity index (χ4v) is 4.05. The van der Waals surface area contributed by atoms with Crippen molar-refractivity contribution >= 4 is 5.69 Å². The largest absolute Gasteiger partial charge is 0.383 e.